The molecule has 1 saturated heterocycles. The smallest absolute Gasteiger partial charge is 0.231 e. The Hall–Kier alpha value is -1.47. The molecule has 0 aromatic heterocycles. The minimum Gasteiger partial charge on any atom is -0.493 e. The first-order valence-corrected chi connectivity index (χ1v) is 9.26. The number of hydrogen-bond donors (Lipinski definition) is 0. The maximum Gasteiger partial charge on any atom is 0.231 e. The average Bonchev–Trinajstić information content (AvgIpc) is 3.00. The summed E-state index contributed by atoms with van der Waals surface area (Å²) in [6.45, 7) is 1.91. The van der Waals surface area contributed by atoms with Gasteiger partial charge in [-0.2, -0.15) is 0 Å². The molecule has 0 amide bonds. The predicted octanol–water partition coefficient (Wildman–Crippen LogP) is 2.00. The van der Waals surface area contributed by atoms with Crippen LogP contribution in [0.15, 0.2) is 18.2 Å². The summed E-state index contributed by atoms with van der Waals surface area (Å²) in [6, 6.07) is 5.36. The van der Waals surface area contributed by atoms with Crippen LogP contribution in [0.3, 0.4) is 0 Å². The summed E-state index contributed by atoms with van der Waals surface area (Å²) in [5.74, 6) is 2.18. The van der Waals surface area contributed by atoms with E-state index < -0.39 is 10.0 Å². The molecular formula is C15H21NO5S. The number of ether oxygens (including phenoxy) is 3. The maximum absolute atomic E-state index is 12.2. The minimum atomic E-state index is -3.14. The van der Waals surface area contributed by atoms with Crippen molar-refractivity contribution in [3.05, 3.63) is 18.2 Å². The Morgan fingerprint density at radius 2 is 1.86 bits per heavy atom. The first-order valence-electron chi connectivity index (χ1n) is 7.65. The molecule has 3 rings (SSSR count). The molecule has 0 bridgehead atoms. The maximum atomic E-state index is 12.2. The highest BCUT2D eigenvalue weighted by Crippen LogP contribution is 2.35. The van der Waals surface area contributed by atoms with Crippen molar-refractivity contribution < 1.29 is 22.6 Å². The van der Waals surface area contributed by atoms with E-state index in [0.29, 0.717) is 43.4 Å². The van der Waals surface area contributed by atoms with Crippen LogP contribution in [0.5, 0.6) is 17.2 Å². The number of rotatable bonds is 6. The van der Waals surface area contributed by atoms with Gasteiger partial charge in [0.2, 0.25) is 16.8 Å². The molecule has 2 aliphatic rings. The lowest BCUT2D eigenvalue weighted by molar-refractivity contribution is 0.173. The van der Waals surface area contributed by atoms with Crippen molar-refractivity contribution in [2.75, 3.05) is 32.2 Å². The third-order valence-corrected chi connectivity index (χ3v) is 5.82. The molecule has 0 radical (unpaired) electrons. The summed E-state index contributed by atoms with van der Waals surface area (Å²) in [5.41, 5.74) is 0. The van der Waals surface area contributed by atoms with Crippen molar-refractivity contribution in [2.45, 2.75) is 25.7 Å². The molecule has 1 aromatic rings. The van der Waals surface area contributed by atoms with Gasteiger partial charge in [-0.1, -0.05) is 6.42 Å². The lowest BCUT2D eigenvalue weighted by atomic mass is 10.2. The summed E-state index contributed by atoms with van der Waals surface area (Å²) >= 11 is 0. The second kappa shape index (κ2) is 6.75. The van der Waals surface area contributed by atoms with Crippen molar-refractivity contribution in [3.8, 4) is 17.2 Å². The molecule has 0 spiro atoms. The highest BCUT2D eigenvalue weighted by Gasteiger charge is 2.23. The fraction of sp³-hybridized carbons (Fsp3) is 0.600. The number of sulfonamides is 1. The van der Waals surface area contributed by atoms with Gasteiger partial charge >= 0.3 is 0 Å². The monoisotopic (exact) mass is 327 g/mol. The lowest BCUT2D eigenvalue weighted by Crippen LogP contribution is -2.37. The van der Waals surface area contributed by atoms with Crippen LogP contribution in [0.2, 0.25) is 0 Å². The fourth-order valence-electron chi connectivity index (χ4n) is 2.67. The Bertz CT molecular complexity index is 610. The van der Waals surface area contributed by atoms with Crippen LogP contribution in [-0.2, 0) is 10.0 Å². The number of hydrogen-bond acceptors (Lipinski definition) is 5. The largest absolute Gasteiger partial charge is 0.493 e. The van der Waals surface area contributed by atoms with Crippen LogP contribution in [0.4, 0.5) is 0 Å². The van der Waals surface area contributed by atoms with E-state index in [-0.39, 0.29) is 12.5 Å². The number of benzene rings is 1. The second-order valence-corrected chi connectivity index (χ2v) is 7.58. The van der Waals surface area contributed by atoms with Gasteiger partial charge in [-0.05, 0) is 31.4 Å². The molecule has 1 aromatic carbocycles. The van der Waals surface area contributed by atoms with Crippen LogP contribution in [0.25, 0.3) is 0 Å². The minimum absolute atomic E-state index is 0.136. The highest BCUT2D eigenvalue weighted by molar-refractivity contribution is 7.89. The van der Waals surface area contributed by atoms with Gasteiger partial charge in [0.1, 0.15) is 5.75 Å². The Morgan fingerprint density at radius 3 is 2.68 bits per heavy atom. The van der Waals surface area contributed by atoms with Gasteiger partial charge in [0, 0.05) is 19.2 Å². The molecule has 6 nitrogen and oxygen atoms in total. The normalized spacial score (nSPS) is 18.4. The molecule has 0 aliphatic carbocycles. The number of fused-ring (bicyclic) bond motifs is 1. The van der Waals surface area contributed by atoms with Gasteiger partial charge in [-0.25, -0.2) is 12.7 Å². The van der Waals surface area contributed by atoms with Crippen molar-refractivity contribution >= 4 is 10.0 Å². The SMILES string of the molecule is O=S(=O)(CCCOc1ccc2c(c1)OCO2)N1CCCCC1. The van der Waals surface area contributed by atoms with Gasteiger partial charge < -0.3 is 14.2 Å². The first-order chi connectivity index (χ1) is 10.6. The molecule has 22 heavy (non-hydrogen) atoms. The van der Waals surface area contributed by atoms with E-state index in [1.165, 1.54) is 0 Å². The summed E-state index contributed by atoms with van der Waals surface area (Å²) in [7, 11) is -3.14. The van der Waals surface area contributed by atoms with Gasteiger partial charge in [0.15, 0.2) is 11.5 Å². The molecule has 0 N–H and O–H groups in total. The topological polar surface area (TPSA) is 65.1 Å². The van der Waals surface area contributed by atoms with E-state index in [1.807, 2.05) is 0 Å². The van der Waals surface area contributed by atoms with Gasteiger partial charge in [-0.3, -0.25) is 0 Å². The van der Waals surface area contributed by atoms with Gasteiger partial charge in [-0.15, -0.1) is 0 Å². The predicted molar refractivity (Wildman–Crippen MR) is 81.9 cm³/mol. The molecule has 0 unspecified atom stereocenters. The molecule has 122 valence electrons. The van der Waals surface area contributed by atoms with Crippen LogP contribution in [-0.4, -0.2) is 45.0 Å². The zero-order valence-electron chi connectivity index (χ0n) is 12.5. The lowest BCUT2D eigenvalue weighted by Gasteiger charge is -2.25. The van der Waals surface area contributed by atoms with Crippen LogP contribution in [0, 0.1) is 0 Å². The van der Waals surface area contributed by atoms with Crippen molar-refractivity contribution in [1.82, 2.24) is 4.31 Å². The quantitative estimate of drug-likeness (QED) is 0.748. The second-order valence-electron chi connectivity index (χ2n) is 5.49. The Kier molecular flexibility index (Phi) is 4.73. The number of piperidine rings is 1. The zero-order chi connectivity index (χ0) is 15.4. The molecule has 2 heterocycles. The Morgan fingerprint density at radius 1 is 1.09 bits per heavy atom. The fourth-order valence-corrected chi connectivity index (χ4v) is 4.23. The van der Waals surface area contributed by atoms with E-state index in [4.69, 9.17) is 14.2 Å². The van der Waals surface area contributed by atoms with Gasteiger partial charge in [0.05, 0.1) is 12.4 Å². The Balaban J connectivity index is 1.45. The molecule has 7 heteroatoms. The third kappa shape index (κ3) is 3.64. The zero-order valence-corrected chi connectivity index (χ0v) is 13.3. The van der Waals surface area contributed by atoms with E-state index in [9.17, 15) is 8.42 Å². The van der Waals surface area contributed by atoms with Crippen molar-refractivity contribution in [1.29, 1.82) is 0 Å². The van der Waals surface area contributed by atoms with Crippen LogP contribution >= 0.6 is 0 Å². The molecule has 0 atom stereocenters. The van der Waals surface area contributed by atoms with E-state index in [0.717, 1.165) is 19.3 Å². The molecular weight excluding hydrogens is 306 g/mol. The molecule has 2 aliphatic heterocycles. The average molecular weight is 327 g/mol. The Labute approximate surface area is 131 Å². The van der Waals surface area contributed by atoms with Crippen LogP contribution in [0.1, 0.15) is 25.7 Å². The molecule has 0 saturated carbocycles. The standard InChI is InChI=1S/C15H21NO5S/c17-22(18,16-7-2-1-3-8-16)10-4-9-19-13-5-6-14-15(11-13)21-12-20-14/h5-6,11H,1-4,7-10,12H2. The summed E-state index contributed by atoms with van der Waals surface area (Å²) in [4.78, 5) is 0. The highest BCUT2D eigenvalue weighted by atomic mass is 32.2. The van der Waals surface area contributed by atoms with Crippen molar-refractivity contribution in [3.63, 3.8) is 0 Å². The summed E-state index contributed by atoms with van der Waals surface area (Å²) in [6.07, 6.45) is 3.53. The third-order valence-electron chi connectivity index (χ3n) is 3.87. The number of nitrogens with zero attached hydrogens (tertiary/aromatic N) is 1. The van der Waals surface area contributed by atoms with Crippen LogP contribution < -0.4 is 14.2 Å². The van der Waals surface area contributed by atoms with Crippen molar-refractivity contribution in [2.24, 2.45) is 0 Å². The molecule has 1 fully saturated rings. The van der Waals surface area contributed by atoms with E-state index >= 15 is 0 Å². The first kappa shape index (κ1) is 15.4. The summed E-state index contributed by atoms with van der Waals surface area (Å²) < 4.78 is 42.1. The van der Waals surface area contributed by atoms with Gasteiger partial charge in [0.25, 0.3) is 0 Å². The summed E-state index contributed by atoms with van der Waals surface area (Å²) in [5, 5.41) is 0. The van der Waals surface area contributed by atoms with E-state index in [2.05, 4.69) is 0 Å². The van der Waals surface area contributed by atoms with E-state index in [1.54, 1.807) is 22.5 Å².